The van der Waals surface area contributed by atoms with Crippen molar-refractivity contribution in [3.8, 4) is 0 Å². The van der Waals surface area contributed by atoms with Gasteiger partial charge in [0.2, 0.25) is 0 Å². The smallest absolute Gasteiger partial charge is 0.251 e. The lowest BCUT2D eigenvalue weighted by molar-refractivity contribution is 0.0963. The largest absolute Gasteiger partial charge is 0.357 e. The summed E-state index contributed by atoms with van der Waals surface area (Å²) in [5.41, 5.74) is 4.77. The monoisotopic (exact) mass is 520 g/mol. The van der Waals surface area contributed by atoms with Gasteiger partial charge in [-0.15, -0.1) is 24.0 Å². The molecule has 0 bridgehead atoms. The van der Waals surface area contributed by atoms with E-state index in [0.29, 0.717) is 11.5 Å². The number of rotatable bonds is 7. The number of fused-ring (bicyclic) bond motifs is 1. The maximum Gasteiger partial charge on any atom is 0.251 e. The Morgan fingerprint density at radius 3 is 2.77 bits per heavy atom. The number of hydrogen-bond acceptors (Lipinski definition) is 2. The number of carbonyl (C=O) groups excluding carboxylic acids is 1. The van der Waals surface area contributed by atoms with Crippen LogP contribution < -0.4 is 16.0 Å². The first-order chi connectivity index (χ1) is 14.2. The average Bonchev–Trinajstić information content (AvgIpc) is 2.77. The summed E-state index contributed by atoms with van der Waals surface area (Å²) in [7, 11) is 1.65. The molecule has 1 amide bonds. The van der Waals surface area contributed by atoms with Crippen molar-refractivity contribution in [1.82, 2.24) is 16.0 Å². The standard InChI is InChI=1S/C24H32N4O.HI/c1-3-26-24(27-15-14-18-8-6-11-20(16-18)23(29)25-2)28-17-21-12-7-10-19-9-4-5-13-22(19)21;/h4-6,8-9,11,13,16,21H,3,7,10,12,14-15,17H2,1-2H3,(H,25,29)(H2,26,27,28);1H. The van der Waals surface area contributed by atoms with Crippen molar-refractivity contribution in [3.05, 3.63) is 70.8 Å². The van der Waals surface area contributed by atoms with E-state index in [2.05, 4.69) is 53.2 Å². The fourth-order valence-electron chi connectivity index (χ4n) is 3.93. The lowest BCUT2D eigenvalue weighted by Gasteiger charge is -2.24. The minimum absolute atomic E-state index is 0. The first-order valence-corrected chi connectivity index (χ1v) is 10.6. The number of nitrogens with one attached hydrogen (secondary N) is 3. The lowest BCUT2D eigenvalue weighted by Crippen LogP contribution is -2.38. The summed E-state index contributed by atoms with van der Waals surface area (Å²) >= 11 is 0. The first-order valence-electron chi connectivity index (χ1n) is 10.6. The number of aryl methyl sites for hydroxylation is 1. The molecule has 0 fully saturated rings. The molecule has 6 heteroatoms. The zero-order valence-electron chi connectivity index (χ0n) is 17.9. The molecule has 3 rings (SSSR count). The highest BCUT2D eigenvalue weighted by molar-refractivity contribution is 14.0. The fraction of sp³-hybridized carbons (Fsp3) is 0.417. The molecule has 1 aliphatic rings. The Hall–Kier alpha value is -2.09. The second-order valence-electron chi connectivity index (χ2n) is 7.46. The van der Waals surface area contributed by atoms with Crippen LogP contribution in [0.3, 0.4) is 0 Å². The van der Waals surface area contributed by atoms with Gasteiger partial charge in [-0.05, 0) is 61.4 Å². The highest BCUT2D eigenvalue weighted by Crippen LogP contribution is 2.31. The number of aliphatic imine (C=N–C) groups is 1. The van der Waals surface area contributed by atoms with E-state index < -0.39 is 0 Å². The molecule has 0 aliphatic heterocycles. The Kier molecular flexibility index (Phi) is 10.1. The molecule has 5 nitrogen and oxygen atoms in total. The predicted octanol–water partition coefficient (Wildman–Crippen LogP) is 3.88. The fourth-order valence-corrected chi connectivity index (χ4v) is 3.93. The zero-order chi connectivity index (χ0) is 20.5. The van der Waals surface area contributed by atoms with E-state index in [1.54, 1.807) is 7.05 Å². The van der Waals surface area contributed by atoms with Gasteiger partial charge < -0.3 is 16.0 Å². The maximum absolute atomic E-state index is 11.8. The molecule has 2 aromatic rings. The summed E-state index contributed by atoms with van der Waals surface area (Å²) in [6.45, 7) is 4.49. The molecule has 0 saturated carbocycles. The quantitative estimate of drug-likeness (QED) is 0.295. The topological polar surface area (TPSA) is 65.5 Å². The molecule has 3 N–H and O–H groups in total. The molecule has 0 spiro atoms. The summed E-state index contributed by atoms with van der Waals surface area (Å²) in [4.78, 5) is 16.7. The number of halogens is 1. The average molecular weight is 520 g/mol. The molecule has 0 heterocycles. The van der Waals surface area contributed by atoms with E-state index >= 15 is 0 Å². The summed E-state index contributed by atoms with van der Waals surface area (Å²) < 4.78 is 0. The summed E-state index contributed by atoms with van der Waals surface area (Å²) in [6.07, 6.45) is 4.46. The number of benzene rings is 2. The van der Waals surface area contributed by atoms with Gasteiger partial charge in [0.1, 0.15) is 0 Å². The molecule has 0 saturated heterocycles. The molecule has 162 valence electrons. The summed E-state index contributed by atoms with van der Waals surface area (Å²) in [5, 5.41) is 9.45. The van der Waals surface area contributed by atoms with Crippen molar-refractivity contribution in [2.75, 3.05) is 26.7 Å². The van der Waals surface area contributed by atoms with Gasteiger partial charge in [-0.2, -0.15) is 0 Å². The number of carbonyl (C=O) groups is 1. The normalized spacial score (nSPS) is 15.5. The Labute approximate surface area is 197 Å². The minimum Gasteiger partial charge on any atom is -0.357 e. The summed E-state index contributed by atoms with van der Waals surface area (Å²) in [5.74, 6) is 1.31. The first kappa shape index (κ1) is 24.2. The third kappa shape index (κ3) is 6.72. The third-order valence-electron chi connectivity index (χ3n) is 5.43. The second-order valence-corrected chi connectivity index (χ2v) is 7.46. The molecule has 30 heavy (non-hydrogen) atoms. The van der Waals surface area contributed by atoms with Crippen molar-refractivity contribution in [1.29, 1.82) is 0 Å². The number of amides is 1. The Morgan fingerprint density at radius 2 is 1.97 bits per heavy atom. The predicted molar refractivity (Wildman–Crippen MR) is 135 cm³/mol. The summed E-state index contributed by atoms with van der Waals surface area (Å²) in [6, 6.07) is 16.5. The van der Waals surface area contributed by atoms with Crippen LogP contribution in [0.15, 0.2) is 53.5 Å². The van der Waals surface area contributed by atoms with Crippen molar-refractivity contribution >= 4 is 35.8 Å². The Balaban J connectivity index is 0.00000320. The minimum atomic E-state index is -0.0533. The molecule has 1 aliphatic carbocycles. The van der Waals surface area contributed by atoms with E-state index in [0.717, 1.165) is 37.6 Å². The number of nitrogens with zero attached hydrogens (tertiary/aromatic N) is 1. The van der Waals surface area contributed by atoms with E-state index in [-0.39, 0.29) is 29.9 Å². The van der Waals surface area contributed by atoms with Gasteiger partial charge in [-0.3, -0.25) is 9.79 Å². The van der Waals surface area contributed by atoms with E-state index in [9.17, 15) is 4.79 Å². The van der Waals surface area contributed by atoms with Gasteiger partial charge in [-0.1, -0.05) is 36.4 Å². The Morgan fingerprint density at radius 1 is 1.13 bits per heavy atom. The van der Waals surface area contributed by atoms with Gasteiger partial charge in [0.25, 0.3) is 5.91 Å². The molecule has 0 radical (unpaired) electrons. The van der Waals surface area contributed by atoms with Crippen molar-refractivity contribution in [3.63, 3.8) is 0 Å². The van der Waals surface area contributed by atoms with Crippen LogP contribution in [0.5, 0.6) is 0 Å². The van der Waals surface area contributed by atoms with Gasteiger partial charge in [0.15, 0.2) is 5.96 Å². The lowest BCUT2D eigenvalue weighted by atomic mass is 9.83. The molecule has 0 aromatic heterocycles. The van der Waals surface area contributed by atoms with Crippen LogP contribution in [0.4, 0.5) is 0 Å². The van der Waals surface area contributed by atoms with Crippen LogP contribution in [0.25, 0.3) is 0 Å². The van der Waals surface area contributed by atoms with Crippen LogP contribution in [0.1, 0.15) is 52.7 Å². The molecular weight excluding hydrogens is 487 g/mol. The van der Waals surface area contributed by atoms with Crippen LogP contribution in [-0.2, 0) is 12.8 Å². The third-order valence-corrected chi connectivity index (χ3v) is 5.43. The van der Waals surface area contributed by atoms with Crippen LogP contribution in [0, 0.1) is 0 Å². The van der Waals surface area contributed by atoms with Gasteiger partial charge in [0.05, 0.1) is 0 Å². The van der Waals surface area contributed by atoms with Gasteiger partial charge >= 0.3 is 0 Å². The van der Waals surface area contributed by atoms with E-state index in [4.69, 9.17) is 4.99 Å². The maximum atomic E-state index is 11.8. The van der Waals surface area contributed by atoms with Gasteiger partial charge in [-0.25, -0.2) is 0 Å². The highest BCUT2D eigenvalue weighted by atomic mass is 127. The highest BCUT2D eigenvalue weighted by Gasteiger charge is 2.19. The molecule has 1 unspecified atom stereocenters. The van der Waals surface area contributed by atoms with Crippen molar-refractivity contribution in [2.45, 2.75) is 38.5 Å². The zero-order valence-corrected chi connectivity index (χ0v) is 20.2. The van der Waals surface area contributed by atoms with E-state index in [1.165, 1.54) is 30.4 Å². The molecule has 1 atom stereocenters. The number of hydrogen-bond donors (Lipinski definition) is 3. The SMILES string of the molecule is CCNC(=NCC1CCCc2ccccc21)NCCc1cccc(C(=O)NC)c1.I. The van der Waals surface area contributed by atoms with Crippen molar-refractivity contribution < 1.29 is 4.79 Å². The number of guanidine groups is 1. The molecule has 2 aromatic carbocycles. The van der Waals surface area contributed by atoms with Crippen LogP contribution >= 0.6 is 24.0 Å². The van der Waals surface area contributed by atoms with Gasteiger partial charge in [0, 0.05) is 38.2 Å². The van der Waals surface area contributed by atoms with Crippen LogP contribution in [0.2, 0.25) is 0 Å². The second kappa shape index (κ2) is 12.6. The van der Waals surface area contributed by atoms with E-state index in [1.807, 2.05) is 18.2 Å². The molecular formula is C24H33IN4O. The Bertz CT molecular complexity index is 853. The van der Waals surface area contributed by atoms with Crippen molar-refractivity contribution in [2.24, 2.45) is 4.99 Å². The van der Waals surface area contributed by atoms with Crippen LogP contribution in [-0.4, -0.2) is 38.5 Å².